The highest BCUT2D eigenvalue weighted by Gasteiger charge is 2.00. The van der Waals surface area contributed by atoms with Gasteiger partial charge in [-0.3, -0.25) is 4.98 Å². The molecule has 1 aromatic heterocycles. The summed E-state index contributed by atoms with van der Waals surface area (Å²) in [6, 6.07) is 9.57. The lowest BCUT2D eigenvalue weighted by molar-refractivity contribution is -0.131. The van der Waals surface area contributed by atoms with Crippen LogP contribution in [0.15, 0.2) is 48.8 Å². The predicted molar refractivity (Wildman–Crippen MR) is 76.8 cm³/mol. The van der Waals surface area contributed by atoms with Crippen LogP contribution in [0.3, 0.4) is 0 Å². The number of pyridine rings is 1. The van der Waals surface area contributed by atoms with E-state index in [1.165, 1.54) is 11.6 Å². The fourth-order valence-electron chi connectivity index (χ4n) is 1.72. The Balaban J connectivity index is 2.16. The second kappa shape index (κ2) is 6.52. The first-order valence-corrected chi connectivity index (χ1v) is 6.30. The van der Waals surface area contributed by atoms with Gasteiger partial charge in [-0.1, -0.05) is 19.1 Å². The van der Waals surface area contributed by atoms with Crippen LogP contribution in [0.2, 0.25) is 0 Å². The molecule has 0 atom stereocenters. The van der Waals surface area contributed by atoms with Gasteiger partial charge < -0.3 is 9.84 Å². The van der Waals surface area contributed by atoms with Crippen molar-refractivity contribution in [1.29, 1.82) is 0 Å². The second-order valence-electron chi connectivity index (χ2n) is 4.23. The van der Waals surface area contributed by atoms with E-state index in [1.54, 1.807) is 18.5 Å². The summed E-state index contributed by atoms with van der Waals surface area (Å²) in [6.45, 7) is 2.08. The highest BCUT2D eigenvalue weighted by molar-refractivity contribution is 5.85. The summed E-state index contributed by atoms with van der Waals surface area (Å²) in [6.07, 6.45) is 6.66. The van der Waals surface area contributed by atoms with Gasteiger partial charge in [0.1, 0.15) is 11.5 Å². The molecule has 0 aliphatic heterocycles. The molecular weight excluding hydrogens is 254 g/mol. The van der Waals surface area contributed by atoms with Crippen molar-refractivity contribution in [3.63, 3.8) is 0 Å². The van der Waals surface area contributed by atoms with Crippen LogP contribution in [0.4, 0.5) is 0 Å². The first-order valence-electron chi connectivity index (χ1n) is 6.30. The van der Waals surface area contributed by atoms with Crippen LogP contribution in [-0.2, 0) is 11.2 Å². The minimum absolute atomic E-state index is 0.575. The van der Waals surface area contributed by atoms with Crippen molar-refractivity contribution in [3.05, 3.63) is 59.9 Å². The molecule has 0 bridgehead atoms. The van der Waals surface area contributed by atoms with Crippen molar-refractivity contribution >= 4 is 12.0 Å². The number of aliphatic carboxylic acids is 1. The highest BCUT2D eigenvalue weighted by Crippen LogP contribution is 2.22. The molecule has 0 saturated carbocycles. The zero-order valence-electron chi connectivity index (χ0n) is 11.1. The maximum Gasteiger partial charge on any atom is 0.328 e. The Hall–Kier alpha value is -2.62. The van der Waals surface area contributed by atoms with Crippen LogP contribution in [0.25, 0.3) is 6.08 Å². The first kappa shape index (κ1) is 13.8. The fourth-order valence-corrected chi connectivity index (χ4v) is 1.72. The molecular formula is C16H15NO3. The molecule has 0 unspecified atom stereocenters. The summed E-state index contributed by atoms with van der Waals surface area (Å²) >= 11 is 0. The van der Waals surface area contributed by atoms with Crippen LogP contribution < -0.4 is 4.74 Å². The minimum Gasteiger partial charge on any atom is -0.478 e. The fraction of sp³-hybridized carbons (Fsp3) is 0.125. The van der Waals surface area contributed by atoms with Crippen LogP contribution in [0.5, 0.6) is 11.5 Å². The van der Waals surface area contributed by atoms with E-state index >= 15 is 0 Å². The maximum absolute atomic E-state index is 10.5. The van der Waals surface area contributed by atoms with Gasteiger partial charge >= 0.3 is 5.97 Å². The molecule has 0 radical (unpaired) electrons. The third kappa shape index (κ3) is 3.95. The summed E-state index contributed by atoms with van der Waals surface area (Å²) in [5.41, 5.74) is 1.87. The van der Waals surface area contributed by atoms with E-state index in [4.69, 9.17) is 9.84 Å². The zero-order chi connectivity index (χ0) is 14.4. The Kier molecular flexibility index (Phi) is 4.50. The lowest BCUT2D eigenvalue weighted by atomic mass is 10.2. The van der Waals surface area contributed by atoms with Crippen molar-refractivity contribution in [3.8, 4) is 11.5 Å². The lowest BCUT2D eigenvalue weighted by Crippen LogP contribution is -1.89. The Morgan fingerprint density at radius 1 is 1.30 bits per heavy atom. The summed E-state index contributed by atoms with van der Waals surface area (Å²) in [7, 11) is 0. The number of carbonyl (C=O) groups is 1. The molecule has 2 rings (SSSR count). The van der Waals surface area contributed by atoms with Crippen molar-refractivity contribution in [2.45, 2.75) is 13.3 Å². The molecule has 0 saturated heterocycles. The van der Waals surface area contributed by atoms with E-state index < -0.39 is 5.97 Å². The summed E-state index contributed by atoms with van der Waals surface area (Å²) in [5.74, 6) is 0.322. The highest BCUT2D eigenvalue weighted by atomic mass is 16.5. The minimum atomic E-state index is -0.994. The average molecular weight is 269 g/mol. The lowest BCUT2D eigenvalue weighted by Gasteiger charge is -2.07. The van der Waals surface area contributed by atoms with Crippen LogP contribution in [0.1, 0.15) is 18.1 Å². The molecule has 1 N–H and O–H groups in total. The molecule has 4 heteroatoms. The quantitative estimate of drug-likeness (QED) is 0.843. The number of carboxylic acids is 1. The van der Waals surface area contributed by atoms with Gasteiger partial charge in [0.25, 0.3) is 0 Å². The van der Waals surface area contributed by atoms with Crippen LogP contribution in [0, 0.1) is 0 Å². The van der Waals surface area contributed by atoms with Crippen molar-refractivity contribution in [2.75, 3.05) is 0 Å². The Morgan fingerprint density at radius 2 is 2.15 bits per heavy atom. The van der Waals surface area contributed by atoms with E-state index in [9.17, 15) is 4.79 Å². The van der Waals surface area contributed by atoms with Gasteiger partial charge in [0.15, 0.2) is 0 Å². The van der Waals surface area contributed by atoms with E-state index in [0.29, 0.717) is 11.3 Å². The smallest absolute Gasteiger partial charge is 0.328 e. The van der Waals surface area contributed by atoms with Gasteiger partial charge in [-0.05, 0) is 41.8 Å². The van der Waals surface area contributed by atoms with E-state index in [1.807, 2.05) is 24.3 Å². The zero-order valence-corrected chi connectivity index (χ0v) is 11.1. The molecule has 4 nitrogen and oxygen atoms in total. The van der Waals surface area contributed by atoms with Crippen molar-refractivity contribution in [2.24, 2.45) is 0 Å². The number of aromatic nitrogens is 1. The SMILES string of the molecule is CCc1cccc(Oc2cncc(/C=C/C(=O)O)c2)c1. The topological polar surface area (TPSA) is 59.4 Å². The van der Waals surface area contributed by atoms with Gasteiger partial charge in [0.05, 0.1) is 6.20 Å². The third-order valence-corrected chi connectivity index (χ3v) is 2.70. The van der Waals surface area contributed by atoms with Crippen LogP contribution >= 0.6 is 0 Å². The monoisotopic (exact) mass is 269 g/mol. The van der Waals surface area contributed by atoms with E-state index in [-0.39, 0.29) is 0 Å². The molecule has 1 heterocycles. The van der Waals surface area contributed by atoms with Gasteiger partial charge in [-0.25, -0.2) is 4.79 Å². The van der Waals surface area contributed by atoms with E-state index in [0.717, 1.165) is 18.2 Å². The summed E-state index contributed by atoms with van der Waals surface area (Å²) in [5, 5.41) is 8.60. The van der Waals surface area contributed by atoms with Crippen molar-refractivity contribution in [1.82, 2.24) is 4.98 Å². The second-order valence-corrected chi connectivity index (χ2v) is 4.23. The number of hydrogen-bond donors (Lipinski definition) is 1. The summed E-state index contributed by atoms with van der Waals surface area (Å²) < 4.78 is 5.72. The Morgan fingerprint density at radius 3 is 2.90 bits per heavy atom. The molecule has 0 aliphatic rings. The van der Waals surface area contributed by atoms with Gasteiger partial charge in [0, 0.05) is 12.3 Å². The molecule has 2 aromatic rings. The van der Waals surface area contributed by atoms with Gasteiger partial charge in [-0.15, -0.1) is 0 Å². The average Bonchev–Trinajstić information content (AvgIpc) is 2.46. The van der Waals surface area contributed by atoms with E-state index in [2.05, 4.69) is 11.9 Å². The number of nitrogens with zero attached hydrogens (tertiary/aromatic N) is 1. The van der Waals surface area contributed by atoms with Gasteiger partial charge in [-0.2, -0.15) is 0 Å². The molecule has 102 valence electrons. The number of carboxylic acid groups (broad SMARTS) is 1. The number of ether oxygens (including phenoxy) is 1. The normalized spacial score (nSPS) is 10.7. The molecule has 0 aliphatic carbocycles. The molecule has 0 fully saturated rings. The number of hydrogen-bond acceptors (Lipinski definition) is 3. The first-order chi connectivity index (χ1) is 9.67. The molecule has 1 aromatic carbocycles. The predicted octanol–water partition coefficient (Wildman–Crippen LogP) is 3.53. The molecule has 0 amide bonds. The van der Waals surface area contributed by atoms with Gasteiger partial charge in [0.2, 0.25) is 0 Å². The number of benzene rings is 1. The number of aryl methyl sites for hydroxylation is 1. The van der Waals surface area contributed by atoms with Crippen molar-refractivity contribution < 1.29 is 14.6 Å². The standard InChI is InChI=1S/C16H15NO3/c1-2-12-4-3-5-14(8-12)20-15-9-13(10-17-11-15)6-7-16(18)19/h3-11H,2H2,1H3,(H,18,19)/b7-6+. The third-order valence-electron chi connectivity index (χ3n) is 2.70. The summed E-state index contributed by atoms with van der Waals surface area (Å²) in [4.78, 5) is 14.5. The molecule has 20 heavy (non-hydrogen) atoms. The molecule has 0 spiro atoms. The maximum atomic E-state index is 10.5. The Bertz CT molecular complexity index is 635. The largest absolute Gasteiger partial charge is 0.478 e. The number of rotatable bonds is 5. The Labute approximate surface area is 117 Å². The van der Waals surface area contributed by atoms with Crippen LogP contribution in [-0.4, -0.2) is 16.1 Å².